The number of nitrogens with one attached hydrogen (secondary N) is 1. The molecular formula is C10H22N2O2. The molecule has 1 unspecified atom stereocenters. The van der Waals surface area contributed by atoms with Crippen LogP contribution in [0.3, 0.4) is 0 Å². The number of carbonyl (C=O) groups is 2. The normalized spacial score (nSPS) is 11.3. The van der Waals surface area contributed by atoms with Gasteiger partial charge in [-0.05, 0) is 5.92 Å². The summed E-state index contributed by atoms with van der Waals surface area (Å²) in [6.45, 7) is 9.65. The first-order chi connectivity index (χ1) is 6.45. The van der Waals surface area contributed by atoms with Gasteiger partial charge in [-0.15, -0.1) is 0 Å². The van der Waals surface area contributed by atoms with Gasteiger partial charge in [0, 0.05) is 5.92 Å². The number of rotatable bonds is 4. The summed E-state index contributed by atoms with van der Waals surface area (Å²) in [6, 6.07) is 0. The van der Waals surface area contributed by atoms with Crippen LogP contribution in [-0.2, 0) is 9.59 Å². The minimum atomic E-state index is -0.515. The van der Waals surface area contributed by atoms with Gasteiger partial charge in [0.05, 0.1) is 6.54 Å². The molecule has 0 spiro atoms. The van der Waals surface area contributed by atoms with Crippen LogP contribution < -0.4 is 11.1 Å². The molecule has 4 heteroatoms. The molecule has 0 heterocycles. The smallest absolute Gasteiger partial charge is 0.236 e. The Labute approximate surface area is 86.2 Å². The Kier molecular flexibility index (Phi) is 9.40. The minimum Gasteiger partial charge on any atom is -0.368 e. The number of amides is 2. The third-order valence-corrected chi connectivity index (χ3v) is 1.85. The predicted octanol–water partition coefficient (Wildman–Crippen LogP) is 0.906. The zero-order chi connectivity index (χ0) is 11.7. The topological polar surface area (TPSA) is 72.2 Å². The second-order valence-electron chi connectivity index (χ2n) is 3.22. The van der Waals surface area contributed by atoms with E-state index in [1.165, 1.54) is 0 Å². The molecule has 0 aliphatic heterocycles. The van der Waals surface area contributed by atoms with Crippen molar-refractivity contribution in [3.05, 3.63) is 0 Å². The fourth-order valence-electron chi connectivity index (χ4n) is 0.638. The quantitative estimate of drug-likeness (QED) is 0.711. The Morgan fingerprint density at radius 3 is 1.93 bits per heavy atom. The highest BCUT2D eigenvalue weighted by atomic mass is 16.2. The standard InChI is InChI=1S/C8H16N2O2.C2H6/c1-5(2)6(3)8(12)10-4-7(9)11;1-2/h5-6H,4H2,1-3H3,(H2,9,11)(H,10,12);1-2H3. The van der Waals surface area contributed by atoms with Crippen molar-refractivity contribution >= 4 is 11.8 Å². The largest absolute Gasteiger partial charge is 0.368 e. The molecule has 0 saturated heterocycles. The van der Waals surface area contributed by atoms with Crippen LogP contribution in [0.15, 0.2) is 0 Å². The van der Waals surface area contributed by atoms with Crippen molar-refractivity contribution in [2.75, 3.05) is 6.54 Å². The molecule has 0 aromatic heterocycles. The molecule has 3 N–H and O–H groups in total. The lowest BCUT2D eigenvalue weighted by molar-refractivity contribution is -0.128. The molecule has 0 aliphatic rings. The first-order valence-electron chi connectivity index (χ1n) is 5.01. The average molecular weight is 202 g/mol. The first-order valence-corrected chi connectivity index (χ1v) is 5.01. The van der Waals surface area contributed by atoms with Crippen molar-refractivity contribution in [1.29, 1.82) is 0 Å². The van der Waals surface area contributed by atoms with Gasteiger partial charge >= 0.3 is 0 Å². The molecule has 0 aromatic rings. The van der Waals surface area contributed by atoms with Crippen molar-refractivity contribution < 1.29 is 9.59 Å². The maximum Gasteiger partial charge on any atom is 0.236 e. The maximum absolute atomic E-state index is 11.2. The molecule has 4 nitrogen and oxygen atoms in total. The second kappa shape index (κ2) is 8.53. The van der Waals surface area contributed by atoms with Gasteiger partial charge in [-0.2, -0.15) is 0 Å². The summed E-state index contributed by atoms with van der Waals surface area (Å²) in [5.74, 6) is -0.440. The Balaban J connectivity index is 0. The molecule has 0 bridgehead atoms. The van der Waals surface area contributed by atoms with Crippen molar-refractivity contribution in [3.8, 4) is 0 Å². The van der Waals surface area contributed by atoms with Crippen LogP contribution in [0.1, 0.15) is 34.6 Å². The Bertz CT molecular complexity index is 179. The zero-order valence-electron chi connectivity index (χ0n) is 9.76. The lowest BCUT2D eigenvalue weighted by Gasteiger charge is -2.14. The monoisotopic (exact) mass is 202 g/mol. The van der Waals surface area contributed by atoms with E-state index in [0.29, 0.717) is 0 Å². The predicted molar refractivity (Wildman–Crippen MR) is 57.6 cm³/mol. The van der Waals surface area contributed by atoms with E-state index < -0.39 is 5.91 Å². The number of nitrogens with two attached hydrogens (primary N) is 1. The number of primary amides is 1. The maximum atomic E-state index is 11.2. The molecular weight excluding hydrogens is 180 g/mol. The summed E-state index contributed by atoms with van der Waals surface area (Å²) in [4.78, 5) is 21.5. The van der Waals surface area contributed by atoms with Gasteiger partial charge < -0.3 is 11.1 Å². The van der Waals surface area contributed by atoms with Crippen molar-refractivity contribution in [2.24, 2.45) is 17.6 Å². The second-order valence-corrected chi connectivity index (χ2v) is 3.22. The highest BCUT2D eigenvalue weighted by Gasteiger charge is 2.16. The van der Waals surface area contributed by atoms with Gasteiger partial charge in [0.1, 0.15) is 0 Å². The third-order valence-electron chi connectivity index (χ3n) is 1.85. The minimum absolute atomic E-state index is 0.0735. The summed E-state index contributed by atoms with van der Waals surface area (Å²) in [5, 5.41) is 2.45. The van der Waals surface area contributed by atoms with Crippen molar-refractivity contribution in [1.82, 2.24) is 5.32 Å². The summed E-state index contributed by atoms with van der Waals surface area (Å²) < 4.78 is 0. The average Bonchev–Trinajstić information content (AvgIpc) is 2.15. The first kappa shape index (κ1) is 15.4. The Hall–Kier alpha value is -1.06. The number of carbonyl (C=O) groups excluding carboxylic acids is 2. The van der Waals surface area contributed by atoms with Crippen LogP contribution in [0.5, 0.6) is 0 Å². The van der Waals surface area contributed by atoms with Crippen molar-refractivity contribution in [2.45, 2.75) is 34.6 Å². The van der Waals surface area contributed by atoms with Gasteiger partial charge in [-0.25, -0.2) is 0 Å². The summed E-state index contributed by atoms with van der Waals surface area (Å²) in [7, 11) is 0. The fourth-order valence-corrected chi connectivity index (χ4v) is 0.638. The van der Waals surface area contributed by atoms with Gasteiger partial charge in [-0.3, -0.25) is 9.59 Å². The van der Waals surface area contributed by atoms with Crippen LogP contribution in [0.4, 0.5) is 0 Å². The van der Waals surface area contributed by atoms with Crippen LogP contribution in [0, 0.1) is 11.8 Å². The molecule has 0 fully saturated rings. The van der Waals surface area contributed by atoms with E-state index in [4.69, 9.17) is 5.73 Å². The molecule has 84 valence electrons. The summed E-state index contributed by atoms with van der Waals surface area (Å²) in [6.07, 6.45) is 0. The summed E-state index contributed by atoms with van der Waals surface area (Å²) >= 11 is 0. The van der Waals surface area contributed by atoms with Crippen LogP contribution >= 0.6 is 0 Å². The molecule has 0 radical (unpaired) electrons. The van der Waals surface area contributed by atoms with E-state index in [1.54, 1.807) is 0 Å². The van der Waals surface area contributed by atoms with Crippen LogP contribution in [0.2, 0.25) is 0 Å². The molecule has 14 heavy (non-hydrogen) atoms. The van der Waals surface area contributed by atoms with E-state index in [1.807, 2.05) is 34.6 Å². The van der Waals surface area contributed by atoms with Gasteiger partial charge in [-0.1, -0.05) is 34.6 Å². The van der Waals surface area contributed by atoms with E-state index in [9.17, 15) is 9.59 Å². The highest BCUT2D eigenvalue weighted by Crippen LogP contribution is 2.08. The van der Waals surface area contributed by atoms with E-state index in [2.05, 4.69) is 5.32 Å². The third kappa shape index (κ3) is 7.58. The Morgan fingerprint density at radius 2 is 1.64 bits per heavy atom. The van der Waals surface area contributed by atoms with Gasteiger partial charge in [0.15, 0.2) is 0 Å². The molecule has 0 aromatic carbocycles. The number of hydrogen-bond acceptors (Lipinski definition) is 2. The molecule has 1 atom stereocenters. The Morgan fingerprint density at radius 1 is 1.21 bits per heavy atom. The van der Waals surface area contributed by atoms with Crippen LogP contribution in [0.25, 0.3) is 0 Å². The van der Waals surface area contributed by atoms with Crippen LogP contribution in [-0.4, -0.2) is 18.4 Å². The van der Waals surface area contributed by atoms with E-state index in [-0.39, 0.29) is 24.3 Å². The highest BCUT2D eigenvalue weighted by molar-refractivity contribution is 5.84. The summed E-state index contributed by atoms with van der Waals surface area (Å²) in [5.41, 5.74) is 4.86. The lowest BCUT2D eigenvalue weighted by atomic mass is 9.97. The molecule has 0 aliphatic carbocycles. The molecule has 0 rings (SSSR count). The molecule has 2 amide bonds. The SMILES string of the molecule is CC.CC(C)C(C)C(=O)NCC(N)=O. The van der Waals surface area contributed by atoms with Crippen molar-refractivity contribution in [3.63, 3.8) is 0 Å². The van der Waals surface area contributed by atoms with Gasteiger partial charge in [0.2, 0.25) is 11.8 Å². The lowest BCUT2D eigenvalue weighted by Crippen LogP contribution is -2.37. The zero-order valence-corrected chi connectivity index (χ0v) is 9.76. The van der Waals surface area contributed by atoms with Gasteiger partial charge in [0.25, 0.3) is 0 Å². The van der Waals surface area contributed by atoms with E-state index >= 15 is 0 Å². The van der Waals surface area contributed by atoms with E-state index in [0.717, 1.165) is 0 Å². The fraction of sp³-hybridized carbons (Fsp3) is 0.800. The number of hydrogen-bond donors (Lipinski definition) is 2. The molecule has 0 saturated carbocycles.